The fraction of sp³-hybridized carbons (Fsp3) is 0.810. The molecule has 6 N–H and O–H groups in total. The van der Waals surface area contributed by atoms with Gasteiger partial charge in [-0.2, -0.15) is 0 Å². The highest BCUT2D eigenvalue weighted by Gasteiger charge is 2.53. The minimum absolute atomic E-state index is 0.0345. The molecule has 0 unspecified atom stereocenters. The number of allylic oxidation sites excluding steroid dienone is 7. The van der Waals surface area contributed by atoms with Crippen molar-refractivity contribution >= 4 is 5.97 Å². The Morgan fingerprint density at radius 1 is 0.766 bits per heavy atom. The molecule has 5 rings (SSSR count). The van der Waals surface area contributed by atoms with Crippen LogP contribution in [0, 0.1) is 17.8 Å². The summed E-state index contributed by atoms with van der Waals surface area (Å²) in [5.41, 5.74) is 1.54. The summed E-state index contributed by atoms with van der Waals surface area (Å²) >= 11 is 0. The molecule has 0 amide bonds. The summed E-state index contributed by atoms with van der Waals surface area (Å²) in [7, 11) is 6.12. The summed E-state index contributed by atoms with van der Waals surface area (Å²) < 4.78 is 72.9. The lowest BCUT2D eigenvalue weighted by Gasteiger charge is -2.50. The van der Waals surface area contributed by atoms with E-state index in [2.05, 4.69) is 6.08 Å². The molecular weight excluding hydrogens is 1000 g/mol. The number of carbonyl (C=O) groups excluding carboxylic acids is 1. The number of carbonyl (C=O) groups is 1. The van der Waals surface area contributed by atoms with E-state index in [-0.39, 0.29) is 50.7 Å². The lowest BCUT2D eigenvalue weighted by molar-refractivity contribution is -0.343. The molecule has 442 valence electrons. The predicted octanol–water partition coefficient (Wildman–Crippen LogP) is 5.65. The molecule has 0 aromatic heterocycles. The van der Waals surface area contributed by atoms with Gasteiger partial charge < -0.3 is 87.5 Å². The van der Waals surface area contributed by atoms with Crippen LogP contribution in [0.5, 0.6) is 0 Å². The number of aliphatic hydroxyl groups is 6. The molecule has 5 heterocycles. The molecule has 0 bridgehead atoms. The summed E-state index contributed by atoms with van der Waals surface area (Å²) in [5, 5.41) is 68.5. The van der Waals surface area contributed by atoms with E-state index >= 15 is 0 Å². The third kappa shape index (κ3) is 17.7. The van der Waals surface area contributed by atoms with Crippen molar-refractivity contribution in [2.24, 2.45) is 17.8 Å². The largest absolute Gasteiger partial charge is 0.459 e. The van der Waals surface area contributed by atoms with Gasteiger partial charge >= 0.3 is 5.97 Å². The Morgan fingerprint density at radius 3 is 2.12 bits per heavy atom. The van der Waals surface area contributed by atoms with Crippen LogP contribution in [0.4, 0.5) is 0 Å². The number of hydrogen-bond acceptors (Lipinski definition) is 19. The first-order chi connectivity index (χ1) is 36.2. The topological polar surface area (TPSA) is 249 Å². The van der Waals surface area contributed by atoms with E-state index in [1.807, 2.05) is 58.9 Å². The number of aliphatic hydroxyl groups excluding tert-OH is 4. The number of cyclic esters (lactones) is 1. The van der Waals surface area contributed by atoms with E-state index in [0.717, 1.165) is 23.1 Å². The molecule has 4 fully saturated rings. The van der Waals surface area contributed by atoms with Crippen LogP contribution >= 0.6 is 0 Å². The molecule has 0 spiro atoms. The molecule has 19 nitrogen and oxygen atoms in total. The van der Waals surface area contributed by atoms with Gasteiger partial charge in [-0.05, 0) is 80.7 Å². The van der Waals surface area contributed by atoms with E-state index in [0.29, 0.717) is 18.4 Å². The third-order valence-corrected chi connectivity index (χ3v) is 16.1. The molecule has 0 saturated carbocycles. The minimum atomic E-state index is -1.96. The van der Waals surface area contributed by atoms with Gasteiger partial charge in [0.25, 0.3) is 0 Å². The van der Waals surface area contributed by atoms with Crippen LogP contribution in [-0.4, -0.2) is 193 Å². The maximum atomic E-state index is 14.1. The number of esters is 1. The van der Waals surface area contributed by atoms with Gasteiger partial charge in [-0.1, -0.05) is 67.9 Å². The standard InChI is InChI=1S/C58H96O19/c1-31-18-16-17-19-41(67-13)25-42(74-55(63)35(5)24-33(3)22-32(2)23-34(4)44(21-20-31)75-56-52(62)51(61)53(69-15)39(9)72-56)28-58(65)37(7)49(59)36(6)45(77-58)26-43(30-66-12)73-48-29-57(11,64)54(40(10)71-48)76-47-27-46(68-14)50(60)38(8)70-47/h18,20-24,34,36-54,56,59-62,64-65H,16-17,19,25-30H2,1-15H3/t34-,36+,37-,38-,39+,40+,41-,42+,43-,44-,45-,46-,47+,48+,49+,50-,51+,52-,53+,54+,56+,57+,58+/m1/s1. The van der Waals surface area contributed by atoms with E-state index in [4.69, 9.17) is 56.8 Å². The van der Waals surface area contributed by atoms with Crippen molar-refractivity contribution in [1.82, 2.24) is 0 Å². The second-order valence-corrected chi connectivity index (χ2v) is 22.8. The smallest absolute Gasteiger partial charge is 0.333 e. The summed E-state index contributed by atoms with van der Waals surface area (Å²) in [6, 6.07) is 0. The van der Waals surface area contributed by atoms with Crippen molar-refractivity contribution in [2.75, 3.05) is 35.0 Å². The maximum Gasteiger partial charge on any atom is 0.333 e. The summed E-state index contributed by atoms with van der Waals surface area (Å²) in [5.74, 6) is -4.04. The van der Waals surface area contributed by atoms with E-state index in [9.17, 15) is 35.4 Å². The van der Waals surface area contributed by atoms with Crippen LogP contribution in [0.25, 0.3) is 0 Å². The molecule has 4 saturated heterocycles. The number of hydrogen-bond donors (Lipinski definition) is 6. The molecule has 0 aliphatic carbocycles. The molecule has 23 atom stereocenters. The molecule has 77 heavy (non-hydrogen) atoms. The normalized spacial score (nSPS) is 43.1. The van der Waals surface area contributed by atoms with Gasteiger partial charge in [0.1, 0.15) is 36.6 Å². The van der Waals surface area contributed by atoms with Crippen molar-refractivity contribution in [1.29, 1.82) is 0 Å². The van der Waals surface area contributed by atoms with Gasteiger partial charge in [-0.25, -0.2) is 4.79 Å². The minimum Gasteiger partial charge on any atom is -0.459 e. The average molecular weight is 1100 g/mol. The maximum absolute atomic E-state index is 14.1. The van der Waals surface area contributed by atoms with Gasteiger partial charge in [0, 0.05) is 83.9 Å². The van der Waals surface area contributed by atoms with Crippen LogP contribution in [-0.2, 0) is 61.6 Å². The molecule has 5 aliphatic rings. The Bertz CT molecular complexity index is 2010. The van der Waals surface area contributed by atoms with Gasteiger partial charge in [0.05, 0.1) is 67.1 Å². The van der Waals surface area contributed by atoms with Gasteiger partial charge in [0.2, 0.25) is 0 Å². The predicted molar refractivity (Wildman–Crippen MR) is 285 cm³/mol. The van der Waals surface area contributed by atoms with E-state index < -0.39 is 134 Å². The Kier molecular flexibility index (Phi) is 25.0. The van der Waals surface area contributed by atoms with Crippen LogP contribution in [0.15, 0.2) is 58.7 Å². The van der Waals surface area contributed by atoms with Crippen molar-refractivity contribution in [2.45, 2.75) is 249 Å². The summed E-state index contributed by atoms with van der Waals surface area (Å²) in [4.78, 5) is 14.1. The first kappa shape index (κ1) is 65.3. The lowest BCUT2D eigenvalue weighted by atomic mass is 9.77. The second kappa shape index (κ2) is 29.5. The zero-order valence-corrected chi connectivity index (χ0v) is 48.4. The fourth-order valence-electron chi connectivity index (χ4n) is 11.6. The monoisotopic (exact) mass is 1100 g/mol. The average Bonchev–Trinajstić information content (AvgIpc) is 3.35. The van der Waals surface area contributed by atoms with Crippen molar-refractivity contribution in [3.63, 3.8) is 0 Å². The Morgan fingerprint density at radius 2 is 1.47 bits per heavy atom. The SMILES string of the molecule is COC[C@@H](C[C@H]1O[C@@](O)(C[C@@H]2C[C@H](OC)CCCC=C(C)C=C[C@@H](O[C@@H]3O[C@@H](C)[C@H](OC)[C@@H](O)[C@H]3O)[C@H](C)C=C(C)C=C(C)C=C(C)C(=O)O2)[C@H](C)[C@@H](O)[C@H]1C)O[C@H]1C[C@](C)(O)[C@@H](O[C@H]2C[C@@H](OC)[C@H](O)[C@@H](C)O2)[C@H](C)O1. The molecule has 0 aromatic carbocycles. The van der Waals surface area contributed by atoms with Crippen LogP contribution < -0.4 is 0 Å². The van der Waals surface area contributed by atoms with Gasteiger partial charge in [0.15, 0.2) is 24.7 Å². The highest BCUT2D eigenvalue weighted by molar-refractivity contribution is 5.88. The van der Waals surface area contributed by atoms with E-state index in [1.165, 1.54) is 21.3 Å². The zero-order valence-electron chi connectivity index (χ0n) is 48.4. The Balaban J connectivity index is 1.33. The molecule has 19 heteroatoms. The number of rotatable bonds is 15. The lowest BCUT2D eigenvalue weighted by Crippen LogP contribution is -2.60. The van der Waals surface area contributed by atoms with Crippen LogP contribution in [0.1, 0.15) is 128 Å². The quantitative estimate of drug-likeness (QED) is 0.109. The fourth-order valence-corrected chi connectivity index (χ4v) is 11.6. The molecule has 0 radical (unpaired) electrons. The summed E-state index contributed by atoms with van der Waals surface area (Å²) in [6.07, 6.45) is 0.145. The third-order valence-electron chi connectivity index (χ3n) is 16.1. The molecule has 5 aliphatic heterocycles. The first-order valence-electron chi connectivity index (χ1n) is 27.7. The highest BCUT2D eigenvalue weighted by Crippen LogP contribution is 2.43. The Hall–Kier alpha value is -2.51. The number of ether oxygens (including phenoxy) is 12. The first-order valence-corrected chi connectivity index (χ1v) is 27.7. The Labute approximate surface area is 457 Å². The van der Waals surface area contributed by atoms with Crippen molar-refractivity contribution in [3.05, 3.63) is 58.7 Å². The van der Waals surface area contributed by atoms with Crippen molar-refractivity contribution < 1.29 is 92.3 Å². The van der Waals surface area contributed by atoms with Crippen LogP contribution in [0.2, 0.25) is 0 Å². The summed E-state index contributed by atoms with van der Waals surface area (Å²) in [6.45, 7) is 20.1. The molecular formula is C58H96O19. The van der Waals surface area contributed by atoms with E-state index in [1.54, 1.807) is 54.7 Å². The number of methoxy groups -OCH3 is 4. The zero-order chi connectivity index (χ0) is 57.1. The second-order valence-electron chi connectivity index (χ2n) is 22.8. The van der Waals surface area contributed by atoms with Crippen LogP contribution in [0.3, 0.4) is 0 Å². The highest BCUT2D eigenvalue weighted by atomic mass is 16.7. The van der Waals surface area contributed by atoms with Gasteiger partial charge in [-0.3, -0.25) is 0 Å². The van der Waals surface area contributed by atoms with Crippen molar-refractivity contribution in [3.8, 4) is 0 Å². The van der Waals surface area contributed by atoms with Gasteiger partial charge in [-0.15, -0.1) is 0 Å². The molecule has 0 aromatic rings.